The van der Waals surface area contributed by atoms with Gasteiger partial charge in [0.2, 0.25) is 11.8 Å². The van der Waals surface area contributed by atoms with Gasteiger partial charge in [-0.3, -0.25) is 14.9 Å². The minimum absolute atomic E-state index is 0.0679. The van der Waals surface area contributed by atoms with Crippen molar-refractivity contribution in [3.05, 3.63) is 11.1 Å². The molecular formula is C20H34N4O3. The number of hydrogen-bond donors (Lipinski definition) is 4. The van der Waals surface area contributed by atoms with Crippen LogP contribution in [0.5, 0.6) is 0 Å². The quantitative estimate of drug-likeness (QED) is 0.564. The van der Waals surface area contributed by atoms with Crippen LogP contribution in [-0.2, 0) is 14.3 Å². The topological polar surface area (TPSA) is 91.5 Å². The molecule has 0 spiro atoms. The second-order valence-corrected chi connectivity index (χ2v) is 8.30. The van der Waals surface area contributed by atoms with E-state index in [0.29, 0.717) is 17.5 Å². The van der Waals surface area contributed by atoms with Gasteiger partial charge < -0.3 is 20.7 Å². The molecule has 2 amide bonds. The van der Waals surface area contributed by atoms with E-state index in [1.165, 1.54) is 0 Å². The van der Waals surface area contributed by atoms with Crippen molar-refractivity contribution in [3.8, 4) is 0 Å². The van der Waals surface area contributed by atoms with E-state index in [0.717, 1.165) is 37.9 Å². The summed E-state index contributed by atoms with van der Waals surface area (Å²) in [7, 11) is 1.71. The minimum atomic E-state index is -0.0760. The first-order chi connectivity index (χ1) is 12.9. The predicted molar refractivity (Wildman–Crippen MR) is 104 cm³/mol. The van der Waals surface area contributed by atoms with Crippen LogP contribution in [0.3, 0.4) is 0 Å². The summed E-state index contributed by atoms with van der Waals surface area (Å²) in [6, 6.07) is 0.559. The van der Waals surface area contributed by atoms with Crippen LogP contribution >= 0.6 is 0 Å². The Hall–Kier alpha value is -1.44. The molecule has 3 aliphatic rings. The number of carbonyl (C=O) groups is 2. The smallest absolute Gasteiger partial charge is 0.247 e. The number of fused-ring (bicyclic) bond motifs is 1. The van der Waals surface area contributed by atoms with Gasteiger partial charge in [0.05, 0.1) is 6.42 Å². The molecule has 2 saturated heterocycles. The highest BCUT2D eigenvalue weighted by atomic mass is 16.5. The summed E-state index contributed by atoms with van der Waals surface area (Å²) in [4.78, 5) is 25.2. The van der Waals surface area contributed by atoms with Crippen LogP contribution in [0.1, 0.15) is 46.5 Å². The summed E-state index contributed by atoms with van der Waals surface area (Å²) >= 11 is 0. The van der Waals surface area contributed by atoms with Crippen molar-refractivity contribution in [1.29, 1.82) is 0 Å². The summed E-state index contributed by atoms with van der Waals surface area (Å²) in [5.74, 6) is 0.497. The molecule has 3 rings (SSSR count). The first-order valence-electron chi connectivity index (χ1n) is 10.2. The van der Waals surface area contributed by atoms with Gasteiger partial charge in [-0.2, -0.15) is 0 Å². The lowest BCUT2D eigenvalue weighted by Crippen LogP contribution is -2.57. The lowest BCUT2D eigenvalue weighted by molar-refractivity contribution is -0.125. The molecule has 0 aromatic heterocycles. The lowest BCUT2D eigenvalue weighted by atomic mass is 9.76. The van der Waals surface area contributed by atoms with Crippen molar-refractivity contribution >= 4 is 11.8 Å². The van der Waals surface area contributed by atoms with E-state index in [1.54, 1.807) is 7.11 Å². The van der Waals surface area contributed by atoms with Gasteiger partial charge in [-0.25, -0.2) is 0 Å². The summed E-state index contributed by atoms with van der Waals surface area (Å²) in [5, 5.41) is 13.1. The molecule has 0 bridgehead atoms. The Morgan fingerprint density at radius 1 is 1.30 bits per heavy atom. The maximum absolute atomic E-state index is 12.6. The summed E-state index contributed by atoms with van der Waals surface area (Å²) in [6.45, 7) is 7.96. The number of amides is 2. The molecule has 0 aliphatic carbocycles. The highest BCUT2D eigenvalue weighted by Crippen LogP contribution is 2.32. The van der Waals surface area contributed by atoms with Gasteiger partial charge in [0, 0.05) is 43.3 Å². The number of ether oxygens (including phenoxy) is 1. The van der Waals surface area contributed by atoms with Gasteiger partial charge in [-0.05, 0) is 52.5 Å². The average molecular weight is 379 g/mol. The van der Waals surface area contributed by atoms with Gasteiger partial charge in [-0.1, -0.05) is 5.57 Å². The molecule has 27 heavy (non-hydrogen) atoms. The minimum Gasteiger partial charge on any atom is -0.367 e. The van der Waals surface area contributed by atoms with Crippen LogP contribution in [0.2, 0.25) is 0 Å². The van der Waals surface area contributed by atoms with Gasteiger partial charge in [0.25, 0.3) is 0 Å². The third-order valence-electron chi connectivity index (χ3n) is 6.59. The zero-order valence-corrected chi connectivity index (χ0v) is 16.9. The van der Waals surface area contributed by atoms with Gasteiger partial charge >= 0.3 is 0 Å². The SMILES string of the molecule is COC1CCC([C@@H](C)NC(=O)CC2=C(C)C3C(C)NCCC3NC2=O)CN1. The van der Waals surface area contributed by atoms with Crippen LogP contribution < -0.4 is 21.3 Å². The Balaban J connectivity index is 1.59. The molecule has 5 unspecified atom stereocenters. The molecule has 4 N–H and O–H groups in total. The Morgan fingerprint density at radius 3 is 2.74 bits per heavy atom. The fourth-order valence-corrected chi connectivity index (χ4v) is 4.88. The summed E-state index contributed by atoms with van der Waals surface area (Å²) in [6.07, 6.45) is 3.16. The number of hydrogen-bond acceptors (Lipinski definition) is 5. The first-order valence-corrected chi connectivity index (χ1v) is 10.2. The van der Waals surface area contributed by atoms with E-state index in [1.807, 2.05) is 13.8 Å². The van der Waals surface area contributed by atoms with Crippen molar-refractivity contribution in [1.82, 2.24) is 21.3 Å². The second kappa shape index (κ2) is 8.71. The summed E-state index contributed by atoms with van der Waals surface area (Å²) in [5.41, 5.74) is 1.70. The number of rotatable bonds is 5. The average Bonchev–Trinajstić information content (AvgIpc) is 2.65. The molecule has 7 nitrogen and oxygen atoms in total. The van der Waals surface area contributed by atoms with E-state index in [2.05, 4.69) is 28.2 Å². The standard InChI is InChI=1S/C20H34N4O3/c1-11-15(20(26)24-16-7-8-21-13(3)19(11)16)9-17(25)23-12(2)14-5-6-18(27-4)22-10-14/h12-14,16,18-19,21-22H,5-10H2,1-4H3,(H,23,25)(H,24,26)/t12-,13?,14?,16?,18?,19?/m1/s1. The fraction of sp³-hybridized carbons (Fsp3) is 0.800. The lowest BCUT2D eigenvalue weighted by Gasteiger charge is -2.42. The molecular weight excluding hydrogens is 344 g/mol. The zero-order chi connectivity index (χ0) is 19.6. The molecule has 0 aromatic rings. The number of piperidine rings is 2. The van der Waals surface area contributed by atoms with Crippen molar-refractivity contribution in [3.63, 3.8) is 0 Å². The van der Waals surface area contributed by atoms with Crippen LogP contribution in [0.25, 0.3) is 0 Å². The third kappa shape index (κ3) is 4.52. The van der Waals surface area contributed by atoms with Gasteiger partial charge in [0.15, 0.2) is 0 Å². The largest absolute Gasteiger partial charge is 0.367 e. The molecule has 0 radical (unpaired) electrons. The predicted octanol–water partition coefficient (Wildman–Crippen LogP) is 0.666. The first kappa shape index (κ1) is 20.3. The van der Waals surface area contributed by atoms with Crippen molar-refractivity contribution < 1.29 is 14.3 Å². The molecule has 3 heterocycles. The Kier molecular flexibility index (Phi) is 6.55. The molecule has 2 fully saturated rings. The van der Waals surface area contributed by atoms with E-state index in [4.69, 9.17) is 4.74 Å². The summed E-state index contributed by atoms with van der Waals surface area (Å²) < 4.78 is 5.32. The van der Waals surface area contributed by atoms with Crippen molar-refractivity contribution in [2.75, 3.05) is 20.2 Å². The molecule has 3 aliphatic heterocycles. The normalized spacial score (nSPS) is 35.3. The van der Waals surface area contributed by atoms with E-state index in [9.17, 15) is 9.59 Å². The van der Waals surface area contributed by atoms with Crippen LogP contribution in [0, 0.1) is 11.8 Å². The maximum atomic E-state index is 12.6. The highest BCUT2D eigenvalue weighted by molar-refractivity contribution is 6.00. The van der Waals surface area contributed by atoms with E-state index in [-0.39, 0.29) is 42.5 Å². The van der Waals surface area contributed by atoms with E-state index < -0.39 is 0 Å². The monoisotopic (exact) mass is 378 g/mol. The highest BCUT2D eigenvalue weighted by Gasteiger charge is 2.39. The number of carbonyl (C=O) groups excluding carboxylic acids is 2. The van der Waals surface area contributed by atoms with E-state index >= 15 is 0 Å². The Labute approximate surface area is 162 Å². The molecule has 0 saturated carbocycles. The van der Waals surface area contributed by atoms with Gasteiger partial charge in [0.1, 0.15) is 6.23 Å². The van der Waals surface area contributed by atoms with Crippen molar-refractivity contribution in [2.45, 2.75) is 70.8 Å². The Bertz CT molecular complexity index is 598. The molecule has 152 valence electrons. The fourth-order valence-electron chi connectivity index (χ4n) is 4.88. The van der Waals surface area contributed by atoms with Crippen LogP contribution in [0.15, 0.2) is 11.1 Å². The van der Waals surface area contributed by atoms with Crippen LogP contribution in [-0.4, -0.2) is 56.4 Å². The number of nitrogens with one attached hydrogen (secondary N) is 4. The number of methoxy groups -OCH3 is 1. The Morgan fingerprint density at radius 2 is 2.07 bits per heavy atom. The van der Waals surface area contributed by atoms with Crippen LogP contribution in [0.4, 0.5) is 0 Å². The second-order valence-electron chi connectivity index (χ2n) is 8.30. The van der Waals surface area contributed by atoms with Crippen molar-refractivity contribution in [2.24, 2.45) is 11.8 Å². The van der Waals surface area contributed by atoms with Gasteiger partial charge in [-0.15, -0.1) is 0 Å². The zero-order valence-electron chi connectivity index (χ0n) is 16.9. The third-order valence-corrected chi connectivity index (χ3v) is 6.59. The maximum Gasteiger partial charge on any atom is 0.247 e. The molecule has 7 heteroatoms. The molecule has 6 atom stereocenters. The molecule has 0 aromatic carbocycles.